The molecule has 0 fully saturated rings. The standard InChI is InChI=1S/C38H62N2O7/c1-7-9-10-11-12-13-14-15-16-17-21-26-33(43-5)36(32(8-2)42-4)46-47-38(37(41)39-3,29-31-24-19-18-20-25-31)34(44-6)30-45-35-27-22-23-28-40-35/h18-20,22-25,27-28,32-34,36H,7-17,21,26,29-30H2,1-6H3,(H,39,41). The highest BCUT2D eigenvalue weighted by Crippen LogP contribution is 2.30. The number of likely N-dealkylation sites (N-methyl/N-ethyl adjacent to an activating group) is 1. The lowest BCUT2D eigenvalue weighted by Gasteiger charge is -2.39. The van der Waals surface area contributed by atoms with Crippen LogP contribution in [0.2, 0.25) is 0 Å². The number of hydrogen-bond donors (Lipinski definition) is 1. The van der Waals surface area contributed by atoms with Gasteiger partial charge in [-0.1, -0.05) is 121 Å². The molecular weight excluding hydrogens is 596 g/mol. The Morgan fingerprint density at radius 2 is 1.40 bits per heavy atom. The van der Waals surface area contributed by atoms with Crippen molar-refractivity contribution < 1.29 is 33.5 Å². The second-order valence-electron chi connectivity index (χ2n) is 12.3. The second kappa shape index (κ2) is 24.6. The van der Waals surface area contributed by atoms with E-state index in [0.29, 0.717) is 12.3 Å². The molecule has 0 spiro atoms. The number of methoxy groups -OCH3 is 3. The Bertz CT molecular complexity index is 1040. The lowest BCUT2D eigenvalue weighted by atomic mass is 9.88. The zero-order valence-corrected chi connectivity index (χ0v) is 29.9. The van der Waals surface area contributed by atoms with Crippen LogP contribution in [0.4, 0.5) is 0 Å². The summed E-state index contributed by atoms with van der Waals surface area (Å²) in [6.45, 7) is 4.29. The Balaban J connectivity index is 2.19. The summed E-state index contributed by atoms with van der Waals surface area (Å²) in [7, 11) is 6.46. The molecule has 0 radical (unpaired) electrons. The Morgan fingerprint density at radius 3 is 1.94 bits per heavy atom. The van der Waals surface area contributed by atoms with Crippen molar-refractivity contribution in [2.45, 2.75) is 134 Å². The van der Waals surface area contributed by atoms with Gasteiger partial charge in [-0.2, -0.15) is 0 Å². The zero-order chi connectivity index (χ0) is 34.2. The first-order chi connectivity index (χ1) is 23.0. The fourth-order valence-corrected chi connectivity index (χ4v) is 6.02. The highest BCUT2D eigenvalue weighted by molar-refractivity contribution is 5.86. The van der Waals surface area contributed by atoms with Gasteiger partial charge in [0, 0.05) is 47.1 Å². The van der Waals surface area contributed by atoms with Gasteiger partial charge in [0.2, 0.25) is 11.5 Å². The van der Waals surface area contributed by atoms with Crippen molar-refractivity contribution in [1.29, 1.82) is 0 Å². The first-order valence-electron chi connectivity index (χ1n) is 17.7. The van der Waals surface area contributed by atoms with Gasteiger partial charge in [-0.05, 0) is 24.5 Å². The number of rotatable bonds is 28. The number of aromatic nitrogens is 1. The summed E-state index contributed by atoms with van der Waals surface area (Å²) in [5.41, 5.74) is -0.738. The average molecular weight is 659 g/mol. The third-order valence-corrected chi connectivity index (χ3v) is 8.89. The van der Waals surface area contributed by atoms with Crippen LogP contribution < -0.4 is 10.1 Å². The van der Waals surface area contributed by atoms with Crippen LogP contribution in [0.1, 0.15) is 103 Å². The molecule has 2 rings (SSSR count). The second-order valence-corrected chi connectivity index (χ2v) is 12.3. The van der Waals surface area contributed by atoms with E-state index < -0.39 is 23.7 Å². The van der Waals surface area contributed by atoms with Gasteiger partial charge in [0.15, 0.2) is 0 Å². The molecule has 47 heavy (non-hydrogen) atoms. The highest BCUT2D eigenvalue weighted by Gasteiger charge is 2.51. The van der Waals surface area contributed by atoms with E-state index in [1.54, 1.807) is 33.5 Å². The number of carbonyl (C=O) groups is 1. The monoisotopic (exact) mass is 658 g/mol. The molecule has 1 amide bonds. The molecule has 266 valence electrons. The lowest BCUT2D eigenvalue weighted by molar-refractivity contribution is -0.409. The molecule has 0 saturated carbocycles. The van der Waals surface area contributed by atoms with Crippen molar-refractivity contribution >= 4 is 5.91 Å². The minimum atomic E-state index is -1.61. The molecule has 0 bridgehead atoms. The molecule has 0 aliphatic rings. The van der Waals surface area contributed by atoms with Gasteiger partial charge < -0.3 is 24.3 Å². The lowest BCUT2D eigenvalue weighted by Crippen LogP contribution is -2.61. The first kappa shape index (κ1) is 40.6. The summed E-state index contributed by atoms with van der Waals surface area (Å²) in [5, 5.41) is 2.78. The van der Waals surface area contributed by atoms with Gasteiger partial charge in [-0.3, -0.25) is 4.79 Å². The summed E-state index contributed by atoms with van der Waals surface area (Å²) in [4.78, 5) is 30.8. The van der Waals surface area contributed by atoms with E-state index in [2.05, 4.69) is 17.2 Å². The van der Waals surface area contributed by atoms with Crippen molar-refractivity contribution in [1.82, 2.24) is 10.3 Å². The van der Waals surface area contributed by atoms with Crippen LogP contribution in [-0.2, 0) is 35.2 Å². The fraction of sp³-hybridized carbons (Fsp3) is 0.684. The van der Waals surface area contributed by atoms with E-state index in [9.17, 15) is 4.79 Å². The molecular formula is C38H62N2O7. The maximum Gasteiger partial charge on any atom is 0.258 e. The molecule has 1 aromatic heterocycles. The Kier molecular flexibility index (Phi) is 21.2. The van der Waals surface area contributed by atoms with E-state index >= 15 is 0 Å². The number of unbranched alkanes of at least 4 members (excludes halogenated alkanes) is 10. The van der Waals surface area contributed by atoms with Crippen LogP contribution in [-0.4, -0.2) is 75.9 Å². The van der Waals surface area contributed by atoms with Gasteiger partial charge >= 0.3 is 0 Å². The number of nitrogens with one attached hydrogen (secondary N) is 1. The summed E-state index contributed by atoms with van der Waals surface area (Å²) < 4.78 is 23.8. The van der Waals surface area contributed by atoms with E-state index in [1.165, 1.54) is 64.9 Å². The molecule has 9 heteroatoms. The number of ether oxygens (including phenoxy) is 4. The largest absolute Gasteiger partial charge is 0.475 e. The number of pyridine rings is 1. The van der Waals surface area contributed by atoms with Gasteiger partial charge in [0.05, 0.1) is 12.2 Å². The number of nitrogens with zero attached hydrogens (tertiary/aromatic N) is 1. The molecule has 2 aromatic rings. The highest BCUT2D eigenvalue weighted by atomic mass is 17.2. The molecule has 0 saturated heterocycles. The number of hydrogen-bond acceptors (Lipinski definition) is 8. The third kappa shape index (κ3) is 14.2. The van der Waals surface area contributed by atoms with Crippen LogP contribution in [0, 0.1) is 0 Å². The summed E-state index contributed by atoms with van der Waals surface area (Å²) >= 11 is 0. The SMILES string of the molecule is CCCCCCCCCCCCCC(OC)C(OOC(Cc1ccccc1)(C(=O)NC)C(COc1ccccn1)OC)C(CC)OC. The summed E-state index contributed by atoms with van der Waals surface area (Å²) in [6, 6.07) is 15.1. The van der Waals surface area contributed by atoms with Crippen molar-refractivity contribution in [3.63, 3.8) is 0 Å². The summed E-state index contributed by atoms with van der Waals surface area (Å²) in [5.74, 6) is 0.0112. The maximum atomic E-state index is 13.9. The van der Waals surface area contributed by atoms with Gasteiger partial charge in [0.1, 0.15) is 18.8 Å². The Hall–Kier alpha value is -2.56. The predicted octanol–water partition coefficient (Wildman–Crippen LogP) is 7.66. The Labute approximate surface area is 284 Å². The van der Waals surface area contributed by atoms with Crippen LogP contribution in [0.5, 0.6) is 5.88 Å². The van der Waals surface area contributed by atoms with Crippen LogP contribution >= 0.6 is 0 Å². The van der Waals surface area contributed by atoms with E-state index in [-0.39, 0.29) is 25.2 Å². The van der Waals surface area contributed by atoms with Crippen LogP contribution in [0.25, 0.3) is 0 Å². The van der Waals surface area contributed by atoms with E-state index in [4.69, 9.17) is 28.7 Å². The minimum Gasteiger partial charge on any atom is -0.475 e. The smallest absolute Gasteiger partial charge is 0.258 e. The van der Waals surface area contributed by atoms with Crippen molar-refractivity contribution in [2.75, 3.05) is 35.0 Å². The number of benzene rings is 1. The number of carbonyl (C=O) groups excluding carboxylic acids is 1. The van der Waals surface area contributed by atoms with Gasteiger partial charge in [-0.15, -0.1) is 0 Å². The maximum absolute atomic E-state index is 13.9. The molecule has 5 atom stereocenters. The van der Waals surface area contributed by atoms with Crippen molar-refractivity contribution in [2.24, 2.45) is 0 Å². The molecule has 5 unspecified atom stereocenters. The topological polar surface area (TPSA) is 97.4 Å². The molecule has 9 nitrogen and oxygen atoms in total. The van der Waals surface area contributed by atoms with Crippen molar-refractivity contribution in [3.05, 3.63) is 60.3 Å². The summed E-state index contributed by atoms with van der Waals surface area (Å²) in [6.07, 6.45) is 15.1. The number of amides is 1. The molecule has 0 aliphatic heterocycles. The average Bonchev–Trinajstić information content (AvgIpc) is 3.11. The van der Waals surface area contributed by atoms with Crippen LogP contribution in [0.3, 0.4) is 0 Å². The minimum absolute atomic E-state index is 0.00424. The zero-order valence-electron chi connectivity index (χ0n) is 29.9. The normalized spacial score (nSPS) is 15.4. The van der Waals surface area contributed by atoms with E-state index in [0.717, 1.165) is 24.8 Å². The fourth-order valence-electron chi connectivity index (χ4n) is 6.02. The van der Waals surface area contributed by atoms with Crippen LogP contribution in [0.15, 0.2) is 54.7 Å². The van der Waals surface area contributed by atoms with Gasteiger partial charge in [-0.25, -0.2) is 14.8 Å². The first-order valence-corrected chi connectivity index (χ1v) is 17.7. The van der Waals surface area contributed by atoms with E-state index in [1.807, 2.05) is 49.4 Å². The predicted molar refractivity (Wildman–Crippen MR) is 186 cm³/mol. The molecule has 1 N–H and O–H groups in total. The third-order valence-electron chi connectivity index (χ3n) is 8.89. The molecule has 1 aromatic carbocycles. The van der Waals surface area contributed by atoms with Gasteiger partial charge in [0.25, 0.3) is 5.91 Å². The quantitative estimate of drug-likeness (QED) is 0.0566. The molecule has 1 heterocycles. The Morgan fingerprint density at radius 1 is 0.787 bits per heavy atom. The molecule has 0 aliphatic carbocycles. The van der Waals surface area contributed by atoms with Crippen molar-refractivity contribution in [3.8, 4) is 5.88 Å².